The molecular formula is C10H19N4O9P2S+. The zero-order valence-corrected chi connectivity index (χ0v) is 16.0. The number of ether oxygens (including phenoxy) is 1. The van der Waals surface area contributed by atoms with Gasteiger partial charge in [0.25, 0.3) is 0 Å². The third kappa shape index (κ3) is 6.43. The van der Waals surface area contributed by atoms with Crippen LogP contribution in [0.25, 0.3) is 0 Å². The molecule has 4 unspecified atom stereocenters. The van der Waals surface area contributed by atoms with E-state index in [0.717, 1.165) is 0 Å². The van der Waals surface area contributed by atoms with Gasteiger partial charge in [0.05, 0.1) is 13.2 Å². The quantitative estimate of drug-likeness (QED) is 0.343. The van der Waals surface area contributed by atoms with Crippen molar-refractivity contribution in [2.45, 2.75) is 11.7 Å². The van der Waals surface area contributed by atoms with Crippen LogP contribution in [0.15, 0.2) is 17.1 Å². The molecule has 0 bridgehead atoms. The van der Waals surface area contributed by atoms with E-state index in [1.165, 1.54) is 28.6 Å². The monoisotopic (exact) mass is 433 g/mol. The molecule has 0 radical (unpaired) electrons. The Kier molecular flexibility index (Phi) is 7.39. The lowest BCUT2D eigenvalue weighted by molar-refractivity contribution is -0.371. The Morgan fingerprint density at radius 2 is 2.12 bits per heavy atom. The number of phosphoric ester groups is 2. The summed E-state index contributed by atoms with van der Waals surface area (Å²) in [6.45, 7) is -0.499. The molecule has 7 N–H and O–H groups in total. The summed E-state index contributed by atoms with van der Waals surface area (Å²) in [6.07, 6.45) is 0.749. The maximum absolute atomic E-state index is 11.8. The summed E-state index contributed by atoms with van der Waals surface area (Å²) in [4.78, 5) is 34.1. The molecule has 0 aliphatic carbocycles. The summed E-state index contributed by atoms with van der Waals surface area (Å²) in [6, 6.07) is 1.43. The molecule has 16 heteroatoms. The number of hydrogen-bond donors (Lipinski definition) is 4. The molecule has 0 amide bonds. The van der Waals surface area contributed by atoms with Gasteiger partial charge < -0.3 is 26.0 Å². The van der Waals surface area contributed by atoms with E-state index in [-0.39, 0.29) is 19.0 Å². The molecule has 0 saturated carbocycles. The lowest BCUT2D eigenvalue weighted by atomic mass is 10.5. The molecule has 1 aromatic heterocycles. The molecule has 1 saturated heterocycles. The Morgan fingerprint density at radius 3 is 2.77 bits per heavy atom. The highest BCUT2D eigenvalue weighted by atomic mass is 32.2. The van der Waals surface area contributed by atoms with Gasteiger partial charge in [0.15, 0.2) is 0 Å². The molecule has 0 aromatic carbocycles. The summed E-state index contributed by atoms with van der Waals surface area (Å²) >= 11 is 1.21. The van der Waals surface area contributed by atoms with Crippen LogP contribution in [-0.2, 0) is 27.2 Å². The molecule has 1 aliphatic heterocycles. The summed E-state index contributed by atoms with van der Waals surface area (Å²) in [5, 5.41) is 0. The highest BCUT2D eigenvalue weighted by Crippen LogP contribution is 2.60. The summed E-state index contributed by atoms with van der Waals surface area (Å²) in [7, 11) is -9.62. The topological polar surface area (TPSA) is 200 Å². The Morgan fingerprint density at radius 1 is 1.42 bits per heavy atom. The van der Waals surface area contributed by atoms with Crippen molar-refractivity contribution in [2.24, 2.45) is 0 Å². The van der Waals surface area contributed by atoms with E-state index in [0.29, 0.717) is 5.75 Å². The van der Waals surface area contributed by atoms with E-state index in [9.17, 15) is 23.7 Å². The predicted octanol–water partition coefficient (Wildman–Crippen LogP) is -1.09. The molecule has 4 atom stereocenters. The highest BCUT2D eigenvalue weighted by molar-refractivity contribution is 8.00. The Balaban J connectivity index is 1.87. The number of anilines is 1. The van der Waals surface area contributed by atoms with Crippen molar-refractivity contribution in [3.8, 4) is 0 Å². The minimum atomic E-state index is -4.86. The van der Waals surface area contributed by atoms with Crippen LogP contribution in [0.3, 0.4) is 0 Å². The summed E-state index contributed by atoms with van der Waals surface area (Å²) in [5.74, 6) is 0.422. The van der Waals surface area contributed by atoms with E-state index in [1.54, 1.807) is 0 Å². The van der Waals surface area contributed by atoms with Crippen LogP contribution in [0.4, 0.5) is 5.82 Å². The normalized spacial score (nSPS) is 24.9. The van der Waals surface area contributed by atoms with E-state index < -0.39 is 39.6 Å². The van der Waals surface area contributed by atoms with Gasteiger partial charge in [-0.05, 0) is 6.07 Å². The lowest BCUT2D eigenvalue weighted by Gasteiger charge is -2.18. The van der Waals surface area contributed by atoms with Crippen molar-refractivity contribution in [2.75, 3.05) is 31.2 Å². The molecule has 13 nitrogen and oxygen atoms in total. The Bertz CT molecular complexity index is 777. The largest absolute Gasteiger partial charge is 0.481 e. The van der Waals surface area contributed by atoms with Crippen molar-refractivity contribution < 1.29 is 42.7 Å². The van der Waals surface area contributed by atoms with Crippen molar-refractivity contribution in [1.82, 2.24) is 9.55 Å². The van der Waals surface area contributed by atoms with Crippen LogP contribution in [0.1, 0.15) is 6.23 Å². The van der Waals surface area contributed by atoms with Gasteiger partial charge in [-0.15, -0.1) is 11.8 Å². The predicted molar refractivity (Wildman–Crippen MR) is 89.7 cm³/mol. The molecular weight excluding hydrogens is 414 g/mol. The number of thioether (sulfide) groups is 1. The molecule has 1 aromatic rings. The summed E-state index contributed by atoms with van der Waals surface area (Å²) in [5.41, 5.74) is 7.48. The molecule has 1 aliphatic rings. The first-order valence-electron chi connectivity index (χ1n) is 7.19. The maximum Gasteiger partial charge on any atom is 0.481 e. The second-order valence-corrected chi connectivity index (χ2v) is 9.13. The second-order valence-electron chi connectivity index (χ2n) is 4.90. The number of quaternary nitrogens is 1. The Labute approximate surface area is 151 Å². The fourth-order valence-corrected chi connectivity index (χ4v) is 5.03. The van der Waals surface area contributed by atoms with Gasteiger partial charge in [0.1, 0.15) is 24.1 Å². The molecule has 1 fully saturated rings. The lowest BCUT2D eigenvalue weighted by Crippen LogP contribution is -2.52. The number of nitrogens with two attached hydrogens (primary N) is 1. The molecule has 0 spiro atoms. The van der Waals surface area contributed by atoms with E-state index in [1.807, 2.05) is 0 Å². The SMILES string of the molecule is Nc1ccn(C2CSC(COP(=O)(O)OP(=O)(O)OCC[NH3+])O2)c(=O)n1. The molecule has 148 valence electrons. The third-order valence-corrected chi connectivity index (χ3v) is 6.61. The first kappa shape index (κ1) is 21.5. The molecule has 2 heterocycles. The zero-order chi connectivity index (χ0) is 19.4. The summed E-state index contributed by atoms with van der Waals surface area (Å²) < 4.78 is 43.1. The van der Waals surface area contributed by atoms with Crippen LogP contribution in [0.5, 0.6) is 0 Å². The first-order valence-corrected chi connectivity index (χ1v) is 11.2. The minimum absolute atomic E-state index is 0.0738. The van der Waals surface area contributed by atoms with Crippen molar-refractivity contribution in [3.63, 3.8) is 0 Å². The number of rotatable bonds is 9. The third-order valence-electron chi connectivity index (χ3n) is 2.87. The smallest absolute Gasteiger partial charge is 0.383 e. The van der Waals surface area contributed by atoms with Crippen molar-refractivity contribution >= 4 is 33.2 Å². The molecule has 26 heavy (non-hydrogen) atoms. The highest BCUT2D eigenvalue weighted by Gasteiger charge is 2.37. The number of aromatic nitrogens is 2. The van der Waals surface area contributed by atoms with Crippen molar-refractivity contribution in [1.29, 1.82) is 0 Å². The van der Waals surface area contributed by atoms with Gasteiger partial charge in [0, 0.05) is 11.9 Å². The van der Waals surface area contributed by atoms with Gasteiger partial charge in [-0.25, -0.2) is 13.9 Å². The number of hydrogen-bond acceptors (Lipinski definition) is 10. The van der Waals surface area contributed by atoms with E-state index in [4.69, 9.17) is 10.5 Å². The van der Waals surface area contributed by atoms with E-state index >= 15 is 0 Å². The zero-order valence-electron chi connectivity index (χ0n) is 13.4. The maximum atomic E-state index is 11.8. The average molecular weight is 433 g/mol. The van der Waals surface area contributed by atoms with Crippen LogP contribution >= 0.6 is 27.4 Å². The van der Waals surface area contributed by atoms with E-state index in [2.05, 4.69) is 24.1 Å². The number of nitrogens with zero attached hydrogens (tertiary/aromatic N) is 2. The van der Waals surface area contributed by atoms with Gasteiger partial charge >= 0.3 is 21.3 Å². The van der Waals surface area contributed by atoms with Gasteiger partial charge in [0.2, 0.25) is 0 Å². The van der Waals surface area contributed by atoms with Crippen LogP contribution in [0.2, 0.25) is 0 Å². The minimum Gasteiger partial charge on any atom is -0.383 e. The first-order chi connectivity index (χ1) is 12.1. The van der Waals surface area contributed by atoms with Gasteiger partial charge in [-0.1, -0.05) is 0 Å². The van der Waals surface area contributed by atoms with Crippen LogP contribution in [0, 0.1) is 0 Å². The van der Waals surface area contributed by atoms with Crippen molar-refractivity contribution in [3.05, 3.63) is 22.7 Å². The van der Waals surface area contributed by atoms with Crippen LogP contribution in [-0.4, -0.2) is 50.3 Å². The fourth-order valence-electron chi connectivity index (χ4n) is 1.83. The number of phosphoric acid groups is 2. The van der Waals surface area contributed by atoms with Crippen LogP contribution < -0.4 is 17.2 Å². The standard InChI is InChI=1S/C10H18N4O9P2S/c11-2-4-20-24(16,17)23-25(18,19)21-5-9-22-8(6-26-9)14-3-1-7(12)13-10(14)15/h1,3,8-9H,2,4-6,11H2,(H,16,17)(H,18,19)(H2,12,13,15)/p+1. The fraction of sp³-hybridized carbons (Fsp3) is 0.600. The molecule has 2 rings (SSSR count). The Hall–Kier alpha value is -0.790. The average Bonchev–Trinajstić information content (AvgIpc) is 2.99. The second kappa shape index (κ2) is 8.93. The van der Waals surface area contributed by atoms with Gasteiger partial charge in [-0.2, -0.15) is 9.29 Å². The number of nitrogen functional groups attached to an aromatic ring is 1. The van der Waals surface area contributed by atoms with Gasteiger partial charge in [-0.3, -0.25) is 13.6 Å².